The van der Waals surface area contributed by atoms with E-state index in [9.17, 15) is 4.79 Å². The monoisotopic (exact) mass is 234 g/mol. The van der Waals surface area contributed by atoms with Gasteiger partial charge in [-0.3, -0.25) is 0 Å². The molecule has 3 heteroatoms. The van der Waals surface area contributed by atoms with Crippen LogP contribution in [0.15, 0.2) is 12.2 Å². The number of carbonyl (C=O) groups excluding carboxylic acids is 1. The minimum Gasteiger partial charge on any atom is -0.335 e. The van der Waals surface area contributed by atoms with Gasteiger partial charge in [0.25, 0.3) is 0 Å². The Kier molecular flexibility index (Phi) is 3.08. The Morgan fingerprint density at radius 3 is 2.47 bits per heavy atom. The maximum Gasteiger partial charge on any atom is 0.315 e. The predicted molar refractivity (Wildman–Crippen MR) is 67.7 cm³/mol. The molecule has 2 saturated carbocycles. The fraction of sp³-hybridized carbons (Fsp3) is 0.786. The Morgan fingerprint density at radius 1 is 1.00 bits per heavy atom. The average Bonchev–Trinajstić information content (AvgIpc) is 2.92. The average molecular weight is 234 g/mol. The molecule has 0 aromatic heterocycles. The molecule has 0 aromatic carbocycles. The van der Waals surface area contributed by atoms with Crippen LogP contribution in [0.4, 0.5) is 4.79 Å². The van der Waals surface area contributed by atoms with Crippen molar-refractivity contribution in [1.29, 1.82) is 0 Å². The van der Waals surface area contributed by atoms with Crippen molar-refractivity contribution >= 4 is 6.03 Å². The molecule has 3 unspecified atom stereocenters. The lowest BCUT2D eigenvalue weighted by Gasteiger charge is -2.25. The van der Waals surface area contributed by atoms with Crippen molar-refractivity contribution in [2.45, 2.75) is 57.0 Å². The molecule has 0 spiro atoms. The van der Waals surface area contributed by atoms with Gasteiger partial charge in [-0.05, 0) is 37.5 Å². The topological polar surface area (TPSA) is 41.1 Å². The normalized spacial score (nSPS) is 36.1. The summed E-state index contributed by atoms with van der Waals surface area (Å²) in [5.74, 6) is 1.32. The van der Waals surface area contributed by atoms with Crippen LogP contribution in [0, 0.1) is 11.8 Å². The zero-order chi connectivity index (χ0) is 11.7. The molecular weight excluding hydrogens is 212 g/mol. The second-order valence-corrected chi connectivity index (χ2v) is 5.84. The lowest BCUT2D eigenvalue weighted by molar-refractivity contribution is 0.227. The highest BCUT2D eigenvalue weighted by Gasteiger charge is 2.36. The second kappa shape index (κ2) is 4.71. The van der Waals surface area contributed by atoms with Crippen molar-refractivity contribution in [3.8, 4) is 0 Å². The molecule has 0 aromatic rings. The Morgan fingerprint density at radius 2 is 1.82 bits per heavy atom. The highest BCUT2D eigenvalue weighted by Crippen LogP contribution is 2.38. The van der Waals surface area contributed by atoms with Crippen LogP contribution in [0.25, 0.3) is 0 Å². The third-order valence-corrected chi connectivity index (χ3v) is 4.54. The molecule has 0 heterocycles. The van der Waals surface area contributed by atoms with E-state index in [0.29, 0.717) is 18.0 Å². The smallest absolute Gasteiger partial charge is 0.315 e. The summed E-state index contributed by atoms with van der Waals surface area (Å²) in [6.07, 6.45) is 13.1. The van der Waals surface area contributed by atoms with Gasteiger partial charge >= 0.3 is 6.03 Å². The Labute approximate surface area is 103 Å². The first kappa shape index (κ1) is 11.1. The van der Waals surface area contributed by atoms with E-state index < -0.39 is 0 Å². The number of carbonyl (C=O) groups is 1. The molecule has 3 atom stereocenters. The van der Waals surface area contributed by atoms with Crippen molar-refractivity contribution in [3.05, 3.63) is 12.2 Å². The van der Waals surface area contributed by atoms with Crippen molar-refractivity contribution in [2.24, 2.45) is 11.8 Å². The number of urea groups is 1. The van der Waals surface area contributed by atoms with Crippen LogP contribution < -0.4 is 10.6 Å². The minimum atomic E-state index is 0.0582. The van der Waals surface area contributed by atoms with Gasteiger partial charge in [0.15, 0.2) is 0 Å². The van der Waals surface area contributed by atoms with Crippen LogP contribution in [0.2, 0.25) is 0 Å². The first-order valence-corrected chi connectivity index (χ1v) is 7.06. The van der Waals surface area contributed by atoms with E-state index in [-0.39, 0.29) is 6.03 Å². The quantitative estimate of drug-likeness (QED) is 0.708. The van der Waals surface area contributed by atoms with Gasteiger partial charge in [0.05, 0.1) is 0 Å². The van der Waals surface area contributed by atoms with E-state index in [2.05, 4.69) is 22.8 Å². The summed E-state index contributed by atoms with van der Waals surface area (Å²) >= 11 is 0. The molecule has 2 N–H and O–H groups in total. The summed E-state index contributed by atoms with van der Waals surface area (Å²) < 4.78 is 0. The third kappa shape index (κ3) is 2.48. The summed E-state index contributed by atoms with van der Waals surface area (Å²) in [6.45, 7) is 0. The van der Waals surface area contributed by atoms with E-state index in [1.54, 1.807) is 0 Å². The number of amides is 2. The van der Waals surface area contributed by atoms with E-state index >= 15 is 0 Å². The predicted octanol–water partition coefficient (Wildman–Crippen LogP) is 2.58. The fourth-order valence-electron chi connectivity index (χ4n) is 3.59. The first-order chi connectivity index (χ1) is 8.31. The van der Waals surface area contributed by atoms with Gasteiger partial charge < -0.3 is 10.6 Å². The second-order valence-electron chi connectivity index (χ2n) is 5.84. The summed E-state index contributed by atoms with van der Waals surface area (Å²) in [6, 6.07) is 0.856. The third-order valence-electron chi connectivity index (χ3n) is 4.54. The maximum atomic E-state index is 11.9. The van der Waals surface area contributed by atoms with Gasteiger partial charge in [-0.15, -0.1) is 0 Å². The molecule has 0 aliphatic heterocycles. The van der Waals surface area contributed by atoms with Gasteiger partial charge in [-0.1, -0.05) is 31.4 Å². The van der Waals surface area contributed by atoms with Crippen molar-refractivity contribution < 1.29 is 4.79 Å². The number of allylic oxidation sites excluding steroid dienone is 1. The van der Waals surface area contributed by atoms with Gasteiger partial charge in [0, 0.05) is 12.1 Å². The van der Waals surface area contributed by atoms with Crippen molar-refractivity contribution in [2.75, 3.05) is 0 Å². The highest BCUT2D eigenvalue weighted by molar-refractivity contribution is 5.74. The zero-order valence-electron chi connectivity index (χ0n) is 10.3. The fourth-order valence-corrected chi connectivity index (χ4v) is 3.59. The Bertz CT molecular complexity index is 320. The van der Waals surface area contributed by atoms with Crippen LogP contribution in [0.3, 0.4) is 0 Å². The molecule has 2 bridgehead atoms. The molecule has 2 fully saturated rings. The number of nitrogens with one attached hydrogen (secondary N) is 2. The van der Waals surface area contributed by atoms with Crippen molar-refractivity contribution in [3.63, 3.8) is 0 Å². The maximum absolute atomic E-state index is 11.9. The van der Waals surface area contributed by atoms with E-state index in [1.165, 1.54) is 25.7 Å². The lowest BCUT2D eigenvalue weighted by atomic mass is 9.95. The summed E-state index contributed by atoms with van der Waals surface area (Å²) in [4.78, 5) is 11.9. The number of hydrogen-bond acceptors (Lipinski definition) is 1. The SMILES string of the molecule is O=C(NC1CCCCC1)NC1CC2C=CC1C2. The Hall–Kier alpha value is -0.990. The standard InChI is InChI=1S/C14H22N2O/c17-14(15-12-4-2-1-3-5-12)16-13-9-10-6-7-11(13)8-10/h6-7,10-13H,1-5,8-9H2,(H2,15,16,17). The number of rotatable bonds is 2. The molecule has 17 heavy (non-hydrogen) atoms. The summed E-state index contributed by atoms with van der Waals surface area (Å²) in [5, 5.41) is 6.29. The number of fused-ring (bicyclic) bond motifs is 2. The van der Waals surface area contributed by atoms with Gasteiger partial charge in [0.2, 0.25) is 0 Å². The minimum absolute atomic E-state index is 0.0582. The Balaban J connectivity index is 1.45. The molecule has 2 amide bonds. The summed E-state index contributed by atoms with van der Waals surface area (Å²) in [7, 11) is 0. The molecule has 0 radical (unpaired) electrons. The zero-order valence-corrected chi connectivity index (χ0v) is 10.3. The first-order valence-electron chi connectivity index (χ1n) is 7.06. The molecule has 3 aliphatic carbocycles. The van der Waals surface area contributed by atoms with Crippen LogP contribution >= 0.6 is 0 Å². The number of hydrogen-bond donors (Lipinski definition) is 2. The lowest BCUT2D eigenvalue weighted by Crippen LogP contribution is -2.47. The van der Waals surface area contributed by atoms with Gasteiger partial charge in [-0.25, -0.2) is 4.79 Å². The molecule has 3 rings (SSSR count). The van der Waals surface area contributed by atoms with E-state index in [1.807, 2.05) is 0 Å². The van der Waals surface area contributed by atoms with Crippen molar-refractivity contribution in [1.82, 2.24) is 10.6 Å². The van der Waals surface area contributed by atoms with Crippen LogP contribution in [0.1, 0.15) is 44.9 Å². The van der Waals surface area contributed by atoms with Crippen LogP contribution in [-0.2, 0) is 0 Å². The molecule has 3 nitrogen and oxygen atoms in total. The molecular formula is C14H22N2O. The van der Waals surface area contributed by atoms with Gasteiger partial charge in [0.1, 0.15) is 0 Å². The van der Waals surface area contributed by atoms with E-state index in [4.69, 9.17) is 0 Å². The molecule has 94 valence electrons. The van der Waals surface area contributed by atoms with Crippen LogP contribution in [-0.4, -0.2) is 18.1 Å². The van der Waals surface area contributed by atoms with E-state index in [0.717, 1.165) is 25.2 Å². The molecule has 3 aliphatic rings. The summed E-state index contributed by atoms with van der Waals surface area (Å²) in [5.41, 5.74) is 0. The van der Waals surface area contributed by atoms with Crippen LogP contribution in [0.5, 0.6) is 0 Å². The molecule has 0 saturated heterocycles. The highest BCUT2D eigenvalue weighted by atomic mass is 16.2. The van der Waals surface area contributed by atoms with Gasteiger partial charge in [-0.2, -0.15) is 0 Å². The largest absolute Gasteiger partial charge is 0.335 e.